The van der Waals surface area contributed by atoms with Crippen molar-refractivity contribution >= 4 is 34.3 Å². The number of ether oxygens (including phenoxy) is 1. The molecular weight excluding hydrogens is 416 g/mol. The van der Waals surface area contributed by atoms with Crippen molar-refractivity contribution in [1.29, 1.82) is 0 Å². The number of hydrogen-bond donors (Lipinski definition) is 2. The molecule has 0 unspecified atom stereocenters. The van der Waals surface area contributed by atoms with E-state index in [2.05, 4.69) is 17.2 Å². The highest BCUT2D eigenvalue weighted by Crippen LogP contribution is 2.34. The van der Waals surface area contributed by atoms with Crippen LogP contribution in [0.2, 0.25) is 5.02 Å². The standard InChI is InChI=1S/C24H21ClN2O4/c1-3-14-5-9-22-19(11-14)27-24(31-22)17-13-16(7-8-20(17)28)26-23(29)15-6-10-21(30-4-2)18(25)12-15/h5-13,28H,3-4H2,1-2H3,(H,26,29). The molecule has 0 radical (unpaired) electrons. The lowest BCUT2D eigenvalue weighted by molar-refractivity contribution is 0.102. The second kappa shape index (κ2) is 8.70. The summed E-state index contributed by atoms with van der Waals surface area (Å²) in [7, 11) is 0. The molecule has 0 spiro atoms. The number of carbonyl (C=O) groups excluding carboxylic acids is 1. The third-order valence-corrected chi connectivity index (χ3v) is 5.13. The molecule has 0 atom stereocenters. The van der Waals surface area contributed by atoms with Crippen molar-refractivity contribution in [3.63, 3.8) is 0 Å². The zero-order valence-corrected chi connectivity index (χ0v) is 17.9. The molecule has 1 aromatic heterocycles. The molecule has 31 heavy (non-hydrogen) atoms. The zero-order valence-electron chi connectivity index (χ0n) is 17.1. The van der Waals surface area contributed by atoms with Gasteiger partial charge in [-0.2, -0.15) is 0 Å². The lowest BCUT2D eigenvalue weighted by atomic mass is 10.1. The molecule has 0 saturated heterocycles. The maximum absolute atomic E-state index is 12.7. The lowest BCUT2D eigenvalue weighted by Gasteiger charge is -2.10. The summed E-state index contributed by atoms with van der Waals surface area (Å²) in [5, 5.41) is 13.5. The van der Waals surface area contributed by atoms with Crippen molar-refractivity contribution in [2.75, 3.05) is 11.9 Å². The summed E-state index contributed by atoms with van der Waals surface area (Å²) < 4.78 is 11.2. The quantitative estimate of drug-likeness (QED) is 0.358. The van der Waals surface area contributed by atoms with Crippen LogP contribution in [-0.2, 0) is 6.42 Å². The first kappa shape index (κ1) is 20.8. The lowest BCUT2D eigenvalue weighted by Crippen LogP contribution is -2.12. The molecule has 0 saturated carbocycles. The second-order valence-electron chi connectivity index (χ2n) is 6.94. The number of aryl methyl sites for hydroxylation is 1. The molecule has 1 amide bonds. The van der Waals surface area contributed by atoms with E-state index in [1.165, 1.54) is 6.07 Å². The number of carbonyl (C=O) groups is 1. The number of anilines is 1. The van der Waals surface area contributed by atoms with Crippen LogP contribution in [0.15, 0.2) is 59.0 Å². The van der Waals surface area contributed by atoms with Crippen molar-refractivity contribution in [3.05, 3.63) is 70.7 Å². The molecule has 0 fully saturated rings. The third kappa shape index (κ3) is 4.34. The number of nitrogens with one attached hydrogen (secondary N) is 1. The number of fused-ring (bicyclic) bond motifs is 1. The fraction of sp³-hybridized carbons (Fsp3) is 0.167. The zero-order chi connectivity index (χ0) is 22.0. The molecule has 6 nitrogen and oxygen atoms in total. The molecule has 0 bridgehead atoms. The Morgan fingerprint density at radius 3 is 2.71 bits per heavy atom. The van der Waals surface area contributed by atoms with Crippen LogP contribution < -0.4 is 10.1 Å². The summed E-state index contributed by atoms with van der Waals surface area (Å²) in [5.74, 6) is 0.465. The first-order chi connectivity index (χ1) is 15.0. The van der Waals surface area contributed by atoms with Crippen LogP contribution in [0.5, 0.6) is 11.5 Å². The predicted molar refractivity (Wildman–Crippen MR) is 121 cm³/mol. The number of rotatable bonds is 6. The molecule has 3 aromatic carbocycles. The molecule has 0 aliphatic rings. The summed E-state index contributed by atoms with van der Waals surface area (Å²) in [6.45, 7) is 4.41. The molecule has 0 aliphatic carbocycles. The van der Waals surface area contributed by atoms with Crippen molar-refractivity contribution in [3.8, 4) is 23.0 Å². The average molecular weight is 437 g/mol. The van der Waals surface area contributed by atoms with Gasteiger partial charge in [-0.3, -0.25) is 4.79 Å². The number of hydrogen-bond acceptors (Lipinski definition) is 5. The first-order valence-corrected chi connectivity index (χ1v) is 10.3. The molecule has 0 aliphatic heterocycles. The fourth-order valence-electron chi connectivity index (χ4n) is 3.21. The molecule has 158 valence electrons. The van der Waals surface area contributed by atoms with E-state index >= 15 is 0 Å². The number of aromatic hydroxyl groups is 1. The Morgan fingerprint density at radius 2 is 1.97 bits per heavy atom. The van der Waals surface area contributed by atoms with E-state index < -0.39 is 0 Å². The van der Waals surface area contributed by atoms with Crippen molar-refractivity contribution in [2.24, 2.45) is 0 Å². The van der Waals surface area contributed by atoms with E-state index in [-0.39, 0.29) is 17.5 Å². The number of benzene rings is 3. The first-order valence-electron chi connectivity index (χ1n) is 9.95. The average Bonchev–Trinajstić information content (AvgIpc) is 3.19. The van der Waals surface area contributed by atoms with E-state index in [0.29, 0.717) is 45.3 Å². The Morgan fingerprint density at radius 1 is 1.13 bits per heavy atom. The number of phenols is 1. The number of nitrogens with zero attached hydrogens (tertiary/aromatic N) is 1. The molecule has 7 heteroatoms. The van der Waals surface area contributed by atoms with E-state index in [1.54, 1.807) is 30.3 Å². The minimum absolute atomic E-state index is 0.00406. The number of amides is 1. The monoisotopic (exact) mass is 436 g/mol. The predicted octanol–water partition coefficient (Wildman–Crippen LogP) is 6.07. The highest BCUT2D eigenvalue weighted by Gasteiger charge is 2.15. The van der Waals surface area contributed by atoms with Crippen molar-refractivity contribution in [1.82, 2.24) is 4.98 Å². The third-order valence-electron chi connectivity index (χ3n) is 4.84. The van der Waals surface area contributed by atoms with Gasteiger partial charge in [-0.1, -0.05) is 24.6 Å². The number of oxazole rings is 1. The van der Waals surface area contributed by atoms with E-state index in [4.69, 9.17) is 20.8 Å². The molecular formula is C24H21ClN2O4. The van der Waals surface area contributed by atoms with Gasteiger partial charge in [0, 0.05) is 11.3 Å². The van der Waals surface area contributed by atoms with Crippen LogP contribution in [0.3, 0.4) is 0 Å². The van der Waals surface area contributed by atoms with Crippen LogP contribution in [0, 0.1) is 0 Å². The van der Waals surface area contributed by atoms with Crippen LogP contribution in [-0.4, -0.2) is 22.6 Å². The molecule has 2 N–H and O–H groups in total. The number of aromatic nitrogens is 1. The Balaban J connectivity index is 1.61. The van der Waals surface area contributed by atoms with E-state index in [1.807, 2.05) is 25.1 Å². The second-order valence-corrected chi connectivity index (χ2v) is 7.35. The summed E-state index contributed by atoms with van der Waals surface area (Å²) in [6, 6.07) is 15.4. The summed E-state index contributed by atoms with van der Waals surface area (Å²) in [6.07, 6.45) is 0.889. The van der Waals surface area contributed by atoms with Gasteiger partial charge in [0.2, 0.25) is 5.89 Å². The molecule has 4 aromatic rings. The van der Waals surface area contributed by atoms with E-state index in [0.717, 1.165) is 12.0 Å². The van der Waals surface area contributed by atoms with Gasteiger partial charge in [0.25, 0.3) is 5.91 Å². The Kier molecular flexibility index (Phi) is 5.82. The van der Waals surface area contributed by atoms with Gasteiger partial charge in [0.1, 0.15) is 17.0 Å². The Labute approximate surface area is 184 Å². The van der Waals surface area contributed by atoms with Gasteiger partial charge in [0.15, 0.2) is 5.58 Å². The Bertz CT molecular complexity index is 1270. The van der Waals surface area contributed by atoms with Crippen molar-refractivity contribution < 1.29 is 19.1 Å². The van der Waals surface area contributed by atoms with Crippen LogP contribution >= 0.6 is 11.6 Å². The van der Waals surface area contributed by atoms with E-state index in [9.17, 15) is 9.90 Å². The van der Waals surface area contributed by atoms with Gasteiger partial charge in [-0.15, -0.1) is 0 Å². The maximum atomic E-state index is 12.7. The van der Waals surface area contributed by atoms with Gasteiger partial charge >= 0.3 is 0 Å². The highest BCUT2D eigenvalue weighted by molar-refractivity contribution is 6.32. The minimum atomic E-state index is -0.341. The van der Waals surface area contributed by atoms with Crippen molar-refractivity contribution in [2.45, 2.75) is 20.3 Å². The van der Waals surface area contributed by atoms with Crippen LogP contribution in [0.25, 0.3) is 22.6 Å². The Hall–Kier alpha value is -3.51. The topological polar surface area (TPSA) is 84.6 Å². The molecule has 4 rings (SSSR count). The van der Waals surface area contributed by atoms with Gasteiger partial charge in [-0.05, 0) is 67.4 Å². The maximum Gasteiger partial charge on any atom is 0.255 e. The normalized spacial score (nSPS) is 10.9. The smallest absolute Gasteiger partial charge is 0.255 e. The summed E-state index contributed by atoms with van der Waals surface area (Å²) in [4.78, 5) is 17.2. The SMILES string of the molecule is CCOc1ccc(C(=O)Nc2ccc(O)c(-c3nc4cc(CC)ccc4o3)c2)cc1Cl. The summed E-state index contributed by atoms with van der Waals surface area (Å²) >= 11 is 6.18. The number of phenolic OH excluding ortho intramolecular Hbond substituents is 1. The summed E-state index contributed by atoms with van der Waals surface area (Å²) in [5.41, 5.74) is 3.75. The minimum Gasteiger partial charge on any atom is -0.507 e. The van der Waals surface area contributed by atoms with Gasteiger partial charge in [-0.25, -0.2) is 4.98 Å². The number of halogens is 1. The van der Waals surface area contributed by atoms with Crippen LogP contribution in [0.4, 0.5) is 5.69 Å². The largest absolute Gasteiger partial charge is 0.507 e. The van der Waals surface area contributed by atoms with Gasteiger partial charge < -0.3 is 19.6 Å². The highest BCUT2D eigenvalue weighted by atomic mass is 35.5. The molecule has 1 heterocycles. The van der Waals surface area contributed by atoms with Gasteiger partial charge in [0.05, 0.1) is 17.2 Å². The fourth-order valence-corrected chi connectivity index (χ4v) is 3.45. The van der Waals surface area contributed by atoms with Crippen LogP contribution in [0.1, 0.15) is 29.8 Å².